The molecule has 13 heavy (non-hydrogen) atoms. The van der Waals surface area contributed by atoms with Crippen LogP contribution in [0.1, 0.15) is 10.4 Å². The average Bonchev–Trinajstić information content (AvgIpc) is 2.15. The molecule has 0 aromatic heterocycles. The van der Waals surface area contributed by atoms with Gasteiger partial charge in [-0.05, 0) is 12.1 Å². The molecule has 0 fully saturated rings. The van der Waals surface area contributed by atoms with Crippen molar-refractivity contribution < 1.29 is 9.90 Å². The van der Waals surface area contributed by atoms with E-state index in [2.05, 4.69) is 27.9 Å². The molecule has 1 aromatic carbocycles. The van der Waals surface area contributed by atoms with Crippen molar-refractivity contribution in [3.63, 3.8) is 0 Å². The van der Waals surface area contributed by atoms with Gasteiger partial charge in [0.2, 0.25) is 0 Å². The summed E-state index contributed by atoms with van der Waals surface area (Å²) in [6, 6.07) is 6.50. The van der Waals surface area contributed by atoms with Crippen molar-refractivity contribution in [3.05, 3.63) is 29.8 Å². The Hall–Kier alpha value is -0.780. The first kappa shape index (κ1) is 10.3. The lowest BCUT2D eigenvalue weighted by Crippen LogP contribution is -2.25. The van der Waals surface area contributed by atoms with Crippen LogP contribution in [0.2, 0.25) is 0 Å². The van der Waals surface area contributed by atoms with E-state index in [1.54, 1.807) is 18.2 Å². The first-order chi connectivity index (χ1) is 6.25. The lowest BCUT2D eigenvalue weighted by molar-refractivity contribution is 0.0954. The van der Waals surface area contributed by atoms with Gasteiger partial charge < -0.3 is 10.4 Å². The van der Waals surface area contributed by atoms with E-state index in [9.17, 15) is 9.90 Å². The molecule has 1 rings (SSSR count). The number of para-hydroxylation sites is 1. The van der Waals surface area contributed by atoms with Crippen molar-refractivity contribution in [1.82, 2.24) is 5.32 Å². The predicted octanol–water partition coefficient (Wildman–Crippen LogP) is 1.56. The molecule has 0 spiro atoms. The second-order valence-electron chi connectivity index (χ2n) is 2.46. The molecule has 0 aliphatic heterocycles. The van der Waals surface area contributed by atoms with Gasteiger partial charge >= 0.3 is 0 Å². The first-order valence-corrected chi connectivity index (χ1v) is 5.40. The van der Waals surface area contributed by atoms with Gasteiger partial charge in [-0.25, -0.2) is 0 Å². The quantitative estimate of drug-likeness (QED) is 0.656. The van der Waals surface area contributed by atoms with Crippen LogP contribution in [0.25, 0.3) is 0 Å². The van der Waals surface area contributed by atoms with E-state index < -0.39 is 0 Å². The van der Waals surface area contributed by atoms with Crippen LogP contribution in [-0.4, -0.2) is 22.0 Å². The zero-order valence-corrected chi connectivity index (χ0v) is 9.11. The molecule has 0 aliphatic carbocycles. The van der Waals surface area contributed by atoms with Crippen molar-refractivity contribution in [2.24, 2.45) is 0 Å². The summed E-state index contributed by atoms with van der Waals surface area (Å²) in [5.74, 6) is -0.205. The maximum atomic E-state index is 11.3. The summed E-state index contributed by atoms with van der Waals surface area (Å²) in [5.41, 5.74) is 0.326. The van der Waals surface area contributed by atoms with Gasteiger partial charge in [0.15, 0.2) is 0 Å². The largest absolute Gasteiger partial charge is 0.507 e. The van der Waals surface area contributed by atoms with Crippen LogP contribution in [0, 0.1) is 0 Å². The Morgan fingerprint density at radius 1 is 1.46 bits per heavy atom. The van der Waals surface area contributed by atoms with Crippen molar-refractivity contribution in [2.45, 2.75) is 0 Å². The summed E-state index contributed by atoms with van der Waals surface area (Å²) in [5, 5.41) is 12.0. The Kier molecular flexibility index (Phi) is 4.01. The van der Waals surface area contributed by atoms with Gasteiger partial charge in [0, 0.05) is 11.0 Å². The minimum Gasteiger partial charge on any atom is -0.507 e. The molecule has 0 bridgehead atoms. The van der Waals surface area contributed by atoms with Crippen LogP contribution >= 0.6 is 22.6 Å². The maximum Gasteiger partial charge on any atom is 0.255 e. The van der Waals surface area contributed by atoms with Gasteiger partial charge in [-0.2, -0.15) is 0 Å². The van der Waals surface area contributed by atoms with Crippen molar-refractivity contribution in [1.29, 1.82) is 0 Å². The van der Waals surface area contributed by atoms with Gasteiger partial charge in [-0.3, -0.25) is 4.79 Å². The summed E-state index contributed by atoms with van der Waals surface area (Å²) in [7, 11) is 0. The van der Waals surface area contributed by atoms with Crippen LogP contribution in [0.3, 0.4) is 0 Å². The second-order valence-corrected chi connectivity index (χ2v) is 3.54. The molecule has 0 atom stereocenters. The van der Waals surface area contributed by atoms with E-state index in [0.717, 1.165) is 4.43 Å². The number of rotatable bonds is 3. The lowest BCUT2D eigenvalue weighted by atomic mass is 10.2. The summed E-state index contributed by atoms with van der Waals surface area (Å²) >= 11 is 2.17. The Labute approximate surface area is 90.3 Å². The SMILES string of the molecule is O=C(NCCI)c1ccccc1O. The highest BCUT2D eigenvalue weighted by Crippen LogP contribution is 2.14. The number of phenols is 1. The summed E-state index contributed by atoms with van der Waals surface area (Å²) in [6.07, 6.45) is 0. The summed E-state index contributed by atoms with van der Waals surface area (Å²) in [6.45, 7) is 0.619. The van der Waals surface area contributed by atoms with Gasteiger partial charge in [0.05, 0.1) is 5.56 Å². The Bertz CT molecular complexity index is 301. The average molecular weight is 291 g/mol. The molecule has 0 radical (unpaired) electrons. The fraction of sp³-hybridized carbons (Fsp3) is 0.222. The Morgan fingerprint density at radius 2 is 2.15 bits per heavy atom. The number of carbonyl (C=O) groups excluding carboxylic acids is 1. The molecular formula is C9H10INO2. The highest BCUT2D eigenvalue weighted by molar-refractivity contribution is 14.1. The van der Waals surface area contributed by atoms with Crippen molar-refractivity contribution >= 4 is 28.5 Å². The lowest BCUT2D eigenvalue weighted by Gasteiger charge is -2.04. The number of halogens is 1. The van der Waals surface area contributed by atoms with Crippen molar-refractivity contribution in [2.75, 3.05) is 11.0 Å². The number of aromatic hydroxyl groups is 1. The third kappa shape index (κ3) is 2.87. The maximum absolute atomic E-state index is 11.3. The van der Waals surface area contributed by atoms with E-state index in [4.69, 9.17) is 0 Å². The molecule has 0 heterocycles. The van der Waals surface area contributed by atoms with Crippen LogP contribution in [0.15, 0.2) is 24.3 Å². The molecule has 2 N–H and O–H groups in total. The molecule has 1 aromatic rings. The summed E-state index contributed by atoms with van der Waals surface area (Å²) < 4.78 is 0.858. The number of alkyl halides is 1. The number of hydrogen-bond acceptors (Lipinski definition) is 2. The van der Waals surface area contributed by atoms with E-state index in [-0.39, 0.29) is 11.7 Å². The number of phenolic OH excluding ortho intramolecular Hbond substituents is 1. The summed E-state index contributed by atoms with van der Waals surface area (Å²) in [4.78, 5) is 11.3. The van der Waals surface area contributed by atoms with Gasteiger partial charge in [-0.15, -0.1) is 0 Å². The minimum atomic E-state index is -0.227. The van der Waals surface area contributed by atoms with E-state index >= 15 is 0 Å². The highest BCUT2D eigenvalue weighted by atomic mass is 127. The zero-order chi connectivity index (χ0) is 9.68. The fourth-order valence-corrected chi connectivity index (χ4v) is 1.19. The molecule has 3 nitrogen and oxygen atoms in total. The molecule has 1 amide bonds. The van der Waals surface area contributed by atoms with Gasteiger partial charge in [0.1, 0.15) is 5.75 Å². The molecule has 0 unspecified atom stereocenters. The van der Waals surface area contributed by atoms with E-state index in [1.165, 1.54) is 6.07 Å². The molecular weight excluding hydrogens is 281 g/mol. The second kappa shape index (κ2) is 5.06. The number of carbonyl (C=O) groups is 1. The monoisotopic (exact) mass is 291 g/mol. The predicted molar refractivity (Wildman–Crippen MR) is 59.3 cm³/mol. The van der Waals surface area contributed by atoms with Crippen LogP contribution in [0.5, 0.6) is 5.75 Å². The fourth-order valence-electron chi connectivity index (χ4n) is 0.922. The van der Waals surface area contributed by atoms with Crippen LogP contribution in [-0.2, 0) is 0 Å². The molecule has 0 saturated heterocycles. The van der Waals surface area contributed by atoms with Crippen molar-refractivity contribution in [3.8, 4) is 5.75 Å². The molecule has 4 heteroatoms. The first-order valence-electron chi connectivity index (χ1n) is 3.88. The van der Waals surface area contributed by atoms with E-state index in [1.807, 2.05) is 0 Å². The van der Waals surface area contributed by atoms with Gasteiger partial charge in [0.25, 0.3) is 5.91 Å². The molecule has 70 valence electrons. The Morgan fingerprint density at radius 3 is 2.77 bits per heavy atom. The highest BCUT2D eigenvalue weighted by Gasteiger charge is 2.08. The Balaban J connectivity index is 2.71. The molecule has 0 saturated carbocycles. The smallest absolute Gasteiger partial charge is 0.255 e. The normalized spacial score (nSPS) is 9.62. The standard InChI is InChI=1S/C9H10INO2/c10-5-6-11-9(13)7-3-1-2-4-8(7)12/h1-4,12H,5-6H2,(H,11,13). The third-order valence-corrected chi connectivity index (χ3v) is 2.07. The number of nitrogens with one attached hydrogen (secondary N) is 1. The van der Waals surface area contributed by atoms with Crippen LogP contribution < -0.4 is 5.32 Å². The minimum absolute atomic E-state index is 0.0217. The number of amides is 1. The topological polar surface area (TPSA) is 49.3 Å². The number of benzene rings is 1. The molecule has 0 aliphatic rings. The van der Waals surface area contributed by atoms with E-state index in [0.29, 0.717) is 12.1 Å². The van der Waals surface area contributed by atoms with Crippen LogP contribution in [0.4, 0.5) is 0 Å². The zero-order valence-electron chi connectivity index (χ0n) is 6.96. The van der Waals surface area contributed by atoms with Gasteiger partial charge in [-0.1, -0.05) is 34.7 Å². The third-order valence-electron chi connectivity index (χ3n) is 1.53. The number of hydrogen-bond donors (Lipinski definition) is 2.